The van der Waals surface area contributed by atoms with Crippen LogP contribution in [0.3, 0.4) is 0 Å². The number of amides is 3. The zero-order chi connectivity index (χ0) is 19.7. The number of nitrogens with zero attached hydrogens (tertiary/aromatic N) is 1. The van der Waals surface area contributed by atoms with E-state index in [1.165, 1.54) is 12.0 Å². The fourth-order valence-electron chi connectivity index (χ4n) is 2.44. The Balaban J connectivity index is 2.89. The molecule has 0 aliphatic carbocycles. The number of carbonyl (C=O) groups is 3. The monoisotopic (exact) mass is 363 g/mol. The molecule has 0 aliphatic rings. The molecule has 0 fully saturated rings. The van der Waals surface area contributed by atoms with Gasteiger partial charge in [-0.05, 0) is 24.0 Å². The summed E-state index contributed by atoms with van der Waals surface area (Å²) in [5.74, 6) is -0.600. The molecule has 0 bridgehead atoms. The van der Waals surface area contributed by atoms with Crippen molar-refractivity contribution in [3.05, 3.63) is 30.3 Å². The van der Waals surface area contributed by atoms with E-state index in [4.69, 9.17) is 0 Å². The van der Waals surface area contributed by atoms with Crippen molar-refractivity contribution in [2.45, 2.75) is 40.2 Å². The van der Waals surface area contributed by atoms with Gasteiger partial charge in [0.2, 0.25) is 11.8 Å². The van der Waals surface area contributed by atoms with Crippen LogP contribution < -0.4 is 10.6 Å². The van der Waals surface area contributed by atoms with Crippen LogP contribution in [0, 0.1) is 5.41 Å². The van der Waals surface area contributed by atoms with Crippen LogP contribution in [-0.2, 0) is 14.3 Å². The lowest BCUT2D eigenvalue weighted by molar-refractivity contribution is -0.138. The Morgan fingerprint density at radius 3 is 2.27 bits per heavy atom. The molecule has 1 aromatic carbocycles. The minimum atomic E-state index is -0.800. The van der Waals surface area contributed by atoms with E-state index >= 15 is 0 Å². The summed E-state index contributed by atoms with van der Waals surface area (Å²) in [4.78, 5) is 38.4. The van der Waals surface area contributed by atoms with Gasteiger partial charge < -0.3 is 20.3 Å². The highest BCUT2D eigenvalue weighted by Crippen LogP contribution is 2.21. The molecule has 0 unspecified atom stereocenters. The summed E-state index contributed by atoms with van der Waals surface area (Å²) in [6, 6.07) is 8.25. The quantitative estimate of drug-likeness (QED) is 0.779. The first kappa shape index (κ1) is 21.5. The average Bonchev–Trinajstić information content (AvgIpc) is 2.58. The maximum atomic E-state index is 13.0. The molecule has 1 atom stereocenters. The number of nitrogens with one attached hydrogen (secondary N) is 2. The van der Waals surface area contributed by atoms with Crippen LogP contribution in [0.1, 0.15) is 34.1 Å². The molecular formula is C19H29N3O4. The summed E-state index contributed by atoms with van der Waals surface area (Å²) in [5.41, 5.74) is 0.133. The molecule has 1 rings (SSSR count). The highest BCUT2D eigenvalue weighted by molar-refractivity contribution is 5.96. The molecule has 7 heteroatoms. The molecule has 0 saturated heterocycles. The van der Waals surface area contributed by atoms with Gasteiger partial charge in [-0.1, -0.05) is 45.9 Å². The van der Waals surface area contributed by atoms with E-state index in [1.807, 2.05) is 45.9 Å². The Hall–Kier alpha value is -2.57. The lowest BCUT2D eigenvalue weighted by Crippen LogP contribution is -2.56. The molecule has 0 saturated carbocycles. The Bertz CT molecular complexity index is 611. The van der Waals surface area contributed by atoms with Crippen LogP contribution in [0.25, 0.3) is 0 Å². The van der Waals surface area contributed by atoms with Crippen LogP contribution in [0.4, 0.5) is 10.5 Å². The second-order valence-electron chi connectivity index (χ2n) is 7.11. The number of anilines is 1. The fraction of sp³-hybridized carbons (Fsp3) is 0.526. The lowest BCUT2D eigenvalue weighted by Gasteiger charge is -2.34. The van der Waals surface area contributed by atoms with E-state index in [-0.39, 0.29) is 18.4 Å². The van der Waals surface area contributed by atoms with Crippen molar-refractivity contribution in [3.63, 3.8) is 0 Å². The van der Waals surface area contributed by atoms with E-state index in [9.17, 15) is 14.4 Å². The Morgan fingerprint density at radius 2 is 1.77 bits per heavy atom. The third-order valence-corrected chi connectivity index (χ3v) is 3.76. The smallest absolute Gasteiger partial charge is 0.407 e. The predicted molar refractivity (Wildman–Crippen MR) is 101 cm³/mol. The second kappa shape index (κ2) is 9.79. The number of methoxy groups -OCH3 is 1. The van der Waals surface area contributed by atoms with Gasteiger partial charge in [0, 0.05) is 12.2 Å². The molecule has 0 heterocycles. The van der Waals surface area contributed by atoms with Gasteiger partial charge in [0.15, 0.2) is 0 Å². The van der Waals surface area contributed by atoms with E-state index in [0.29, 0.717) is 18.7 Å². The second-order valence-corrected chi connectivity index (χ2v) is 7.11. The van der Waals surface area contributed by atoms with Gasteiger partial charge in [-0.25, -0.2) is 4.79 Å². The van der Waals surface area contributed by atoms with Crippen molar-refractivity contribution in [3.8, 4) is 0 Å². The standard InChI is InChI=1S/C19H29N3O4/c1-6-12-22(13-15(23)20-14-10-8-7-9-11-14)17(24)16(19(2,3)4)21-18(25)26-5/h7-11,16H,6,12-13H2,1-5H3,(H,20,23)(H,21,25)/t16-/m1/s1. The van der Waals surface area contributed by atoms with Crippen LogP contribution in [0.15, 0.2) is 30.3 Å². The number of para-hydroxylation sites is 1. The summed E-state index contributed by atoms with van der Waals surface area (Å²) in [6.07, 6.45) is 0.0165. The Labute approximate surface area is 155 Å². The largest absolute Gasteiger partial charge is 0.453 e. The van der Waals surface area contributed by atoms with Crippen LogP contribution in [-0.4, -0.2) is 49.0 Å². The Morgan fingerprint density at radius 1 is 1.15 bits per heavy atom. The number of alkyl carbamates (subject to hydrolysis) is 1. The number of rotatable bonds is 7. The first-order valence-electron chi connectivity index (χ1n) is 8.67. The number of carbonyl (C=O) groups excluding carboxylic acids is 3. The number of hydrogen-bond acceptors (Lipinski definition) is 4. The van der Waals surface area contributed by atoms with Gasteiger partial charge in [-0.2, -0.15) is 0 Å². The van der Waals surface area contributed by atoms with Crippen molar-refractivity contribution >= 4 is 23.6 Å². The van der Waals surface area contributed by atoms with E-state index in [2.05, 4.69) is 15.4 Å². The van der Waals surface area contributed by atoms with Gasteiger partial charge in [-0.3, -0.25) is 9.59 Å². The third-order valence-electron chi connectivity index (χ3n) is 3.76. The van der Waals surface area contributed by atoms with Crippen molar-refractivity contribution in [2.24, 2.45) is 5.41 Å². The number of ether oxygens (including phenoxy) is 1. The minimum absolute atomic E-state index is 0.0863. The van der Waals surface area contributed by atoms with E-state index in [0.717, 1.165) is 0 Å². The molecule has 1 aromatic rings. The highest BCUT2D eigenvalue weighted by atomic mass is 16.5. The average molecular weight is 363 g/mol. The number of hydrogen-bond donors (Lipinski definition) is 2. The van der Waals surface area contributed by atoms with Crippen molar-refractivity contribution in [1.29, 1.82) is 0 Å². The van der Waals surface area contributed by atoms with Crippen molar-refractivity contribution < 1.29 is 19.1 Å². The molecule has 0 aliphatic heterocycles. The summed E-state index contributed by atoms with van der Waals surface area (Å²) >= 11 is 0. The molecule has 0 aromatic heterocycles. The molecule has 0 spiro atoms. The maximum Gasteiger partial charge on any atom is 0.407 e. The van der Waals surface area contributed by atoms with Gasteiger partial charge in [0.25, 0.3) is 0 Å². The maximum absolute atomic E-state index is 13.0. The number of benzene rings is 1. The minimum Gasteiger partial charge on any atom is -0.453 e. The SMILES string of the molecule is CCCN(CC(=O)Nc1ccccc1)C(=O)[C@@H](NC(=O)OC)C(C)(C)C. The van der Waals surface area contributed by atoms with Crippen molar-refractivity contribution in [2.75, 3.05) is 25.5 Å². The van der Waals surface area contributed by atoms with Gasteiger partial charge in [0.05, 0.1) is 13.7 Å². The normalized spacial score (nSPS) is 12.0. The van der Waals surface area contributed by atoms with Gasteiger partial charge in [-0.15, -0.1) is 0 Å². The summed E-state index contributed by atoms with van der Waals surface area (Å²) in [5, 5.41) is 5.35. The molecule has 3 amide bonds. The lowest BCUT2D eigenvalue weighted by atomic mass is 9.85. The van der Waals surface area contributed by atoms with Crippen LogP contribution in [0.5, 0.6) is 0 Å². The Kier molecular flexibility index (Phi) is 8.09. The summed E-state index contributed by atoms with van der Waals surface area (Å²) in [7, 11) is 1.25. The first-order chi connectivity index (χ1) is 12.2. The van der Waals surface area contributed by atoms with Gasteiger partial charge >= 0.3 is 6.09 Å². The predicted octanol–water partition coefficient (Wildman–Crippen LogP) is 2.63. The fourth-order valence-corrected chi connectivity index (χ4v) is 2.44. The topological polar surface area (TPSA) is 87.7 Å². The molecular weight excluding hydrogens is 334 g/mol. The van der Waals surface area contributed by atoms with Crippen LogP contribution in [0.2, 0.25) is 0 Å². The first-order valence-corrected chi connectivity index (χ1v) is 8.67. The zero-order valence-corrected chi connectivity index (χ0v) is 16.2. The van der Waals surface area contributed by atoms with Crippen molar-refractivity contribution in [1.82, 2.24) is 10.2 Å². The molecule has 144 valence electrons. The zero-order valence-electron chi connectivity index (χ0n) is 16.2. The van der Waals surface area contributed by atoms with Crippen LogP contribution >= 0.6 is 0 Å². The van der Waals surface area contributed by atoms with E-state index < -0.39 is 17.6 Å². The molecule has 26 heavy (non-hydrogen) atoms. The third kappa shape index (κ3) is 6.74. The molecule has 2 N–H and O–H groups in total. The van der Waals surface area contributed by atoms with Gasteiger partial charge in [0.1, 0.15) is 6.04 Å². The molecule has 0 radical (unpaired) electrons. The highest BCUT2D eigenvalue weighted by Gasteiger charge is 2.36. The summed E-state index contributed by atoms with van der Waals surface area (Å²) in [6.45, 7) is 7.79. The van der Waals surface area contributed by atoms with E-state index in [1.54, 1.807) is 12.1 Å². The molecule has 7 nitrogen and oxygen atoms in total. The summed E-state index contributed by atoms with van der Waals surface area (Å²) < 4.78 is 4.63.